The highest BCUT2D eigenvalue weighted by molar-refractivity contribution is 5.80. The molecule has 4 rings (SSSR count). The first-order valence-corrected chi connectivity index (χ1v) is 9.57. The number of oxazole rings is 1. The standard InChI is InChI=1S/C23H23N3O/c1-2-21(18-8-4-3-5-9-18)26-14-12-17(13-15-26)19(16-24)23-25-20-10-6-7-11-22(20)27-23/h3-11,21H,2,12-15H2,1H3. The Kier molecular flexibility index (Phi) is 5.04. The van der Waals surface area contributed by atoms with Crippen LogP contribution >= 0.6 is 0 Å². The molecule has 1 atom stereocenters. The summed E-state index contributed by atoms with van der Waals surface area (Å²) in [6.45, 7) is 4.14. The largest absolute Gasteiger partial charge is 0.435 e. The van der Waals surface area contributed by atoms with E-state index >= 15 is 0 Å². The lowest BCUT2D eigenvalue weighted by Gasteiger charge is -2.35. The molecular weight excluding hydrogens is 334 g/mol. The minimum absolute atomic E-state index is 0.433. The lowest BCUT2D eigenvalue weighted by molar-refractivity contribution is 0.179. The molecule has 2 aromatic carbocycles. The number of allylic oxidation sites excluding steroid dienone is 1. The molecule has 2 heterocycles. The maximum absolute atomic E-state index is 9.73. The van der Waals surface area contributed by atoms with Gasteiger partial charge in [-0.1, -0.05) is 49.4 Å². The molecule has 0 radical (unpaired) electrons. The zero-order chi connectivity index (χ0) is 18.6. The Balaban J connectivity index is 1.55. The van der Waals surface area contributed by atoms with Crippen molar-refractivity contribution in [1.82, 2.24) is 9.88 Å². The number of nitriles is 1. The second-order valence-corrected chi connectivity index (χ2v) is 6.95. The fourth-order valence-corrected chi connectivity index (χ4v) is 3.99. The highest BCUT2D eigenvalue weighted by Crippen LogP contribution is 2.32. The average molecular weight is 357 g/mol. The van der Waals surface area contributed by atoms with E-state index in [-0.39, 0.29) is 0 Å². The van der Waals surface area contributed by atoms with E-state index in [1.165, 1.54) is 5.56 Å². The van der Waals surface area contributed by atoms with Gasteiger partial charge in [0.1, 0.15) is 17.2 Å². The van der Waals surface area contributed by atoms with Gasteiger partial charge in [0.25, 0.3) is 0 Å². The molecule has 1 aromatic heterocycles. The van der Waals surface area contributed by atoms with Crippen molar-refractivity contribution in [2.75, 3.05) is 13.1 Å². The van der Waals surface area contributed by atoms with Crippen molar-refractivity contribution in [3.63, 3.8) is 0 Å². The lowest BCUT2D eigenvalue weighted by atomic mass is 9.94. The number of hydrogen-bond donors (Lipinski definition) is 0. The van der Waals surface area contributed by atoms with Crippen LogP contribution in [0.5, 0.6) is 0 Å². The highest BCUT2D eigenvalue weighted by Gasteiger charge is 2.25. The fourth-order valence-electron chi connectivity index (χ4n) is 3.99. The van der Waals surface area contributed by atoms with E-state index in [4.69, 9.17) is 4.42 Å². The van der Waals surface area contributed by atoms with Crippen LogP contribution in [0, 0.1) is 11.3 Å². The Bertz CT molecular complexity index is 954. The van der Waals surface area contributed by atoms with Crippen LogP contribution in [0.15, 0.2) is 64.6 Å². The van der Waals surface area contributed by atoms with Gasteiger partial charge in [-0.2, -0.15) is 5.26 Å². The number of para-hydroxylation sites is 2. The number of fused-ring (bicyclic) bond motifs is 1. The van der Waals surface area contributed by atoms with Crippen molar-refractivity contribution >= 4 is 16.7 Å². The number of likely N-dealkylation sites (tertiary alicyclic amines) is 1. The van der Waals surface area contributed by atoms with Gasteiger partial charge >= 0.3 is 0 Å². The van der Waals surface area contributed by atoms with Crippen molar-refractivity contribution in [2.24, 2.45) is 0 Å². The predicted octanol–water partition coefficient (Wildman–Crippen LogP) is 5.35. The van der Waals surface area contributed by atoms with Gasteiger partial charge in [0.05, 0.1) is 0 Å². The molecule has 0 saturated carbocycles. The van der Waals surface area contributed by atoms with Crippen LogP contribution in [-0.4, -0.2) is 23.0 Å². The van der Waals surface area contributed by atoms with E-state index < -0.39 is 0 Å². The van der Waals surface area contributed by atoms with E-state index in [1.807, 2.05) is 24.3 Å². The number of benzene rings is 2. The van der Waals surface area contributed by atoms with E-state index in [0.29, 0.717) is 17.5 Å². The van der Waals surface area contributed by atoms with Gasteiger partial charge < -0.3 is 4.42 Å². The number of hydrogen-bond acceptors (Lipinski definition) is 4. The number of rotatable bonds is 4. The summed E-state index contributed by atoms with van der Waals surface area (Å²) in [5, 5.41) is 9.73. The Morgan fingerprint density at radius 2 is 1.81 bits per heavy atom. The molecule has 1 fully saturated rings. The molecule has 4 heteroatoms. The molecule has 3 aromatic rings. The SMILES string of the molecule is CCC(c1ccccc1)N1CCC(=C(C#N)c2nc3ccccc3o2)CC1. The van der Waals surface area contributed by atoms with Crippen LogP contribution in [0.2, 0.25) is 0 Å². The molecule has 0 N–H and O–H groups in total. The molecule has 0 aliphatic carbocycles. The summed E-state index contributed by atoms with van der Waals surface area (Å²) >= 11 is 0. The van der Waals surface area contributed by atoms with Crippen molar-refractivity contribution in [3.8, 4) is 6.07 Å². The Morgan fingerprint density at radius 1 is 1.11 bits per heavy atom. The van der Waals surface area contributed by atoms with Crippen LogP contribution < -0.4 is 0 Å². The molecule has 1 saturated heterocycles. The summed E-state index contributed by atoms with van der Waals surface area (Å²) in [7, 11) is 0. The zero-order valence-corrected chi connectivity index (χ0v) is 15.6. The monoisotopic (exact) mass is 357 g/mol. The van der Waals surface area contributed by atoms with Crippen LogP contribution in [0.4, 0.5) is 0 Å². The first-order chi connectivity index (χ1) is 13.3. The highest BCUT2D eigenvalue weighted by atomic mass is 16.3. The van der Waals surface area contributed by atoms with Gasteiger partial charge in [-0.3, -0.25) is 4.90 Å². The first-order valence-electron chi connectivity index (χ1n) is 9.57. The molecule has 1 aliphatic heterocycles. The summed E-state index contributed by atoms with van der Waals surface area (Å²) < 4.78 is 5.83. The average Bonchev–Trinajstić information content (AvgIpc) is 3.15. The first kappa shape index (κ1) is 17.5. The summed E-state index contributed by atoms with van der Waals surface area (Å²) in [4.78, 5) is 7.04. The number of aromatic nitrogens is 1. The van der Waals surface area contributed by atoms with E-state index in [0.717, 1.165) is 49.0 Å². The summed E-state index contributed by atoms with van der Waals surface area (Å²) in [6, 6.07) is 21.1. The third kappa shape index (κ3) is 3.51. The van der Waals surface area contributed by atoms with Gasteiger partial charge in [-0.15, -0.1) is 0 Å². The minimum Gasteiger partial charge on any atom is -0.435 e. The Morgan fingerprint density at radius 3 is 2.48 bits per heavy atom. The second-order valence-electron chi connectivity index (χ2n) is 6.95. The van der Waals surface area contributed by atoms with E-state index in [1.54, 1.807) is 0 Å². The predicted molar refractivity (Wildman–Crippen MR) is 107 cm³/mol. The molecule has 0 amide bonds. The Labute approximate surface area is 159 Å². The van der Waals surface area contributed by atoms with Crippen LogP contribution in [-0.2, 0) is 0 Å². The minimum atomic E-state index is 0.433. The molecule has 0 bridgehead atoms. The lowest BCUT2D eigenvalue weighted by Crippen LogP contribution is -2.34. The smallest absolute Gasteiger partial charge is 0.238 e. The molecule has 1 aliphatic rings. The molecule has 4 nitrogen and oxygen atoms in total. The van der Waals surface area contributed by atoms with Gasteiger partial charge in [-0.05, 0) is 42.5 Å². The maximum Gasteiger partial charge on any atom is 0.238 e. The topological polar surface area (TPSA) is 53.1 Å². The summed E-state index contributed by atoms with van der Waals surface area (Å²) in [5.41, 5.74) is 4.66. The van der Waals surface area contributed by atoms with Gasteiger partial charge in [0.2, 0.25) is 5.89 Å². The quantitative estimate of drug-likeness (QED) is 0.591. The van der Waals surface area contributed by atoms with E-state index in [2.05, 4.69) is 53.2 Å². The maximum atomic E-state index is 9.73. The molecular formula is C23H23N3O. The fraction of sp³-hybridized carbons (Fsp3) is 0.304. The Hall–Kier alpha value is -2.90. The normalized spacial score (nSPS) is 16.2. The van der Waals surface area contributed by atoms with Gasteiger partial charge in [0.15, 0.2) is 5.58 Å². The third-order valence-corrected chi connectivity index (χ3v) is 5.39. The number of nitrogens with zero attached hydrogens (tertiary/aromatic N) is 3. The molecule has 27 heavy (non-hydrogen) atoms. The second kappa shape index (κ2) is 7.77. The van der Waals surface area contributed by atoms with Crippen molar-refractivity contribution in [2.45, 2.75) is 32.2 Å². The third-order valence-electron chi connectivity index (χ3n) is 5.39. The number of piperidine rings is 1. The van der Waals surface area contributed by atoms with Gasteiger partial charge in [0, 0.05) is 19.1 Å². The molecule has 136 valence electrons. The van der Waals surface area contributed by atoms with E-state index in [9.17, 15) is 5.26 Å². The molecule has 0 spiro atoms. The summed E-state index contributed by atoms with van der Waals surface area (Å²) in [5.74, 6) is 0.456. The zero-order valence-electron chi connectivity index (χ0n) is 15.6. The van der Waals surface area contributed by atoms with Gasteiger partial charge in [-0.25, -0.2) is 4.98 Å². The summed E-state index contributed by atoms with van der Waals surface area (Å²) in [6.07, 6.45) is 2.84. The van der Waals surface area contributed by atoms with Crippen LogP contribution in [0.1, 0.15) is 43.7 Å². The van der Waals surface area contributed by atoms with Crippen molar-refractivity contribution in [1.29, 1.82) is 5.26 Å². The van der Waals surface area contributed by atoms with Crippen LogP contribution in [0.25, 0.3) is 16.7 Å². The van der Waals surface area contributed by atoms with Crippen molar-refractivity contribution < 1.29 is 4.42 Å². The van der Waals surface area contributed by atoms with Crippen molar-refractivity contribution in [3.05, 3.63) is 71.6 Å². The molecule has 1 unspecified atom stereocenters. The van der Waals surface area contributed by atoms with Crippen LogP contribution in [0.3, 0.4) is 0 Å².